The number of amides is 2. The molecule has 0 saturated heterocycles. The maximum absolute atomic E-state index is 13.0. The molecule has 0 spiro atoms. The van der Waals surface area contributed by atoms with E-state index < -0.39 is 11.8 Å². The van der Waals surface area contributed by atoms with Crippen molar-refractivity contribution in [3.63, 3.8) is 0 Å². The molecule has 3 aromatic rings. The Bertz CT molecular complexity index is 1100. The Balaban J connectivity index is 1.93. The van der Waals surface area contributed by atoms with Gasteiger partial charge in [-0.1, -0.05) is 47.5 Å². The second-order valence-electron chi connectivity index (χ2n) is 6.06. The lowest BCUT2D eigenvalue weighted by atomic mass is 10.1. The van der Waals surface area contributed by atoms with Crippen LogP contribution in [-0.4, -0.2) is 23.9 Å². The van der Waals surface area contributed by atoms with E-state index in [2.05, 4.69) is 15.6 Å². The van der Waals surface area contributed by atoms with Crippen molar-refractivity contribution in [2.45, 2.75) is 0 Å². The molecular formula is C22H17Cl2N3O3. The van der Waals surface area contributed by atoms with Gasteiger partial charge in [0.1, 0.15) is 16.5 Å². The van der Waals surface area contributed by atoms with Gasteiger partial charge in [0.05, 0.1) is 17.8 Å². The summed E-state index contributed by atoms with van der Waals surface area (Å²) in [6.45, 7) is 0. The van der Waals surface area contributed by atoms with Crippen LogP contribution in [-0.2, 0) is 9.59 Å². The number of ether oxygens (including phenoxy) is 1. The number of rotatable bonds is 6. The number of carbonyl (C=O) groups excluding carboxylic acids is 2. The summed E-state index contributed by atoms with van der Waals surface area (Å²) in [6.07, 6.45) is 2.89. The van der Waals surface area contributed by atoms with E-state index in [1.165, 1.54) is 19.4 Å². The zero-order valence-corrected chi connectivity index (χ0v) is 17.4. The average Bonchev–Trinajstić information content (AvgIpc) is 2.75. The fraction of sp³-hybridized carbons (Fsp3) is 0.0455. The number of methoxy groups -OCH3 is 1. The lowest BCUT2D eigenvalue weighted by Gasteiger charge is -2.12. The van der Waals surface area contributed by atoms with Gasteiger partial charge in [0.2, 0.25) is 0 Å². The predicted molar refractivity (Wildman–Crippen MR) is 119 cm³/mol. The van der Waals surface area contributed by atoms with Crippen LogP contribution in [0.4, 0.5) is 11.4 Å². The molecule has 2 N–H and O–H groups in total. The van der Waals surface area contributed by atoms with Gasteiger partial charge in [-0.05, 0) is 36.4 Å². The summed E-state index contributed by atoms with van der Waals surface area (Å²) in [4.78, 5) is 29.8. The zero-order chi connectivity index (χ0) is 21.5. The highest BCUT2D eigenvalue weighted by atomic mass is 35.5. The number of nitrogens with one attached hydrogen (secondary N) is 2. The second kappa shape index (κ2) is 9.91. The highest BCUT2D eigenvalue weighted by molar-refractivity contribution is 6.36. The van der Waals surface area contributed by atoms with Crippen LogP contribution in [0.3, 0.4) is 0 Å². The van der Waals surface area contributed by atoms with E-state index in [1.807, 2.05) is 6.07 Å². The van der Waals surface area contributed by atoms with Gasteiger partial charge in [0, 0.05) is 23.5 Å². The Hall–Kier alpha value is -3.35. The van der Waals surface area contributed by atoms with Gasteiger partial charge in [0.15, 0.2) is 0 Å². The van der Waals surface area contributed by atoms with Crippen LogP contribution in [0.1, 0.15) is 5.56 Å². The zero-order valence-electron chi connectivity index (χ0n) is 15.9. The van der Waals surface area contributed by atoms with Crippen molar-refractivity contribution in [2.24, 2.45) is 0 Å². The number of halogens is 2. The summed E-state index contributed by atoms with van der Waals surface area (Å²) in [5.74, 6) is -0.726. The van der Waals surface area contributed by atoms with Crippen molar-refractivity contribution < 1.29 is 14.3 Å². The molecule has 0 bridgehead atoms. The van der Waals surface area contributed by atoms with Crippen LogP contribution in [0.5, 0.6) is 5.75 Å². The van der Waals surface area contributed by atoms with E-state index in [9.17, 15) is 9.59 Å². The minimum absolute atomic E-state index is 0.165. The number of nitrogens with zero attached hydrogens (tertiary/aromatic N) is 1. The molecule has 30 heavy (non-hydrogen) atoms. The fourth-order valence-corrected chi connectivity index (χ4v) is 2.92. The van der Waals surface area contributed by atoms with Crippen molar-refractivity contribution in [3.8, 4) is 5.75 Å². The van der Waals surface area contributed by atoms with Gasteiger partial charge in [-0.3, -0.25) is 9.59 Å². The minimum atomic E-state index is -0.657. The summed E-state index contributed by atoms with van der Waals surface area (Å²) in [6, 6.07) is 16.9. The molecule has 0 saturated carbocycles. The smallest absolute Gasteiger partial charge is 0.261 e. The summed E-state index contributed by atoms with van der Waals surface area (Å²) in [7, 11) is 1.51. The highest BCUT2D eigenvalue weighted by Gasteiger charge is 2.20. The van der Waals surface area contributed by atoms with Crippen LogP contribution in [0.25, 0.3) is 6.08 Å². The van der Waals surface area contributed by atoms with Gasteiger partial charge in [0.25, 0.3) is 11.8 Å². The maximum Gasteiger partial charge on any atom is 0.261 e. The first kappa shape index (κ1) is 21.4. The van der Waals surface area contributed by atoms with Gasteiger partial charge in [-0.2, -0.15) is 0 Å². The number of anilines is 2. The molecule has 2 amide bonds. The summed E-state index contributed by atoms with van der Waals surface area (Å²) < 4.78 is 5.10. The summed E-state index contributed by atoms with van der Waals surface area (Å²) >= 11 is 12.3. The van der Waals surface area contributed by atoms with Crippen LogP contribution < -0.4 is 15.4 Å². The number of pyridine rings is 1. The third-order valence-electron chi connectivity index (χ3n) is 4.03. The topological polar surface area (TPSA) is 80.3 Å². The predicted octanol–water partition coefficient (Wildman–Crippen LogP) is 5.06. The van der Waals surface area contributed by atoms with Gasteiger partial charge < -0.3 is 15.4 Å². The van der Waals surface area contributed by atoms with Gasteiger partial charge in [-0.25, -0.2) is 4.98 Å². The molecular weight excluding hydrogens is 425 g/mol. The molecule has 0 aliphatic rings. The fourth-order valence-electron chi connectivity index (χ4n) is 2.53. The Kier molecular flexibility index (Phi) is 7.06. The molecule has 8 heteroatoms. The van der Waals surface area contributed by atoms with Crippen molar-refractivity contribution in [2.75, 3.05) is 17.7 Å². The average molecular weight is 442 g/mol. The highest BCUT2D eigenvalue weighted by Crippen LogP contribution is 2.27. The quantitative estimate of drug-likeness (QED) is 0.242. The SMILES string of the molecule is COc1ccc(NC(=O)C(=Cc2cccnc2Cl)C(=O)Nc2ccccc2)c(Cl)c1. The van der Waals surface area contributed by atoms with Crippen LogP contribution in [0.2, 0.25) is 10.2 Å². The van der Waals surface area contributed by atoms with Crippen LogP contribution >= 0.6 is 23.2 Å². The Morgan fingerprint density at radius 2 is 1.70 bits per heavy atom. The number of para-hydroxylation sites is 1. The first-order chi connectivity index (χ1) is 14.5. The van der Waals surface area contributed by atoms with E-state index in [0.29, 0.717) is 22.7 Å². The molecule has 2 aromatic carbocycles. The largest absolute Gasteiger partial charge is 0.497 e. The van der Waals surface area contributed by atoms with Crippen LogP contribution in [0, 0.1) is 0 Å². The van der Waals surface area contributed by atoms with Crippen molar-refractivity contribution in [3.05, 3.63) is 88.2 Å². The van der Waals surface area contributed by atoms with E-state index in [4.69, 9.17) is 27.9 Å². The maximum atomic E-state index is 13.0. The third-order valence-corrected chi connectivity index (χ3v) is 4.66. The lowest BCUT2D eigenvalue weighted by Crippen LogP contribution is -2.25. The van der Waals surface area contributed by atoms with E-state index in [-0.39, 0.29) is 15.7 Å². The van der Waals surface area contributed by atoms with Gasteiger partial charge >= 0.3 is 0 Å². The normalized spacial score (nSPS) is 11.0. The van der Waals surface area contributed by atoms with E-state index in [1.54, 1.807) is 54.6 Å². The summed E-state index contributed by atoms with van der Waals surface area (Å²) in [5.41, 5.74) is 1.13. The van der Waals surface area contributed by atoms with E-state index in [0.717, 1.165) is 0 Å². The Labute approximate surface area is 183 Å². The standard InChI is InChI=1S/C22H17Cl2N3O3/c1-30-16-9-10-19(18(23)13-16)27-22(29)17(12-14-6-5-11-25-20(14)24)21(28)26-15-7-3-2-4-8-15/h2-13H,1H3,(H,26,28)(H,27,29). The molecule has 0 atom stereocenters. The monoisotopic (exact) mass is 441 g/mol. The molecule has 0 radical (unpaired) electrons. The third kappa shape index (κ3) is 5.37. The molecule has 1 aromatic heterocycles. The minimum Gasteiger partial charge on any atom is -0.497 e. The Morgan fingerprint density at radius 1 is 0.967 bits per heavy atom. The lowest BCUT2D eigenvalue weighted by molar-refractivity contribution is -0.118. The molecule has 0 fully saturated rings. The first-order valence-electron chi connectivity index (χ1n) is 8.81. The number of aromatic nitrogens is 1. The second-order valence-corrected chi connectivity index (χ2v) is 6.83. The van der Waals surface area contributed by atoms with Crippen molar-refractivity contribution >= 4 is 52.5 Å². The van der Waals surface area contributed by atoms with Crippen molar-refractivity contribution in [1.29, 1.82) is 0 Å². The molecule has 6 nitrogen and oxygen atoms in total. The molecule has 1 heterocycles. The van der Waals surface area contributed by atoms with Gasteiger partial charge in [-0.15, -0.1) is 0 Å². The molecule has 3 rings (SSSR count). The molecule has 0 aliphatic heterocycles. The number of hydrogen-bond donors (Lipinski definition) is 2. The molecule has 0 unspecified atom stereocenters. The van der Waals surface area contributed by atoms with E-state index >= 15 is 0 Å². The van der Waals surface area contributed by atoms with Crippen LogP contribution in [0.15, 0.2) is 72.4 Å². The number of benzene rings is 2. The summed E-state index contributed by atoms with van der Waals surface area (Å²) in [5, 5.41) is 5.78. The number of hydrogen-bond acceptors (Lipinski definition) is 4. The molecule has 0 aliphatic carbocycles. The number of carbonyl (C=O) groups is 2. The Morgan fingerprint density at radius 3 is 2.37 bits per heavy atom. The molecule has 152 valence electrons. The first-order valence-corrected chi connectivity index (χ1v) is 9.57. The van der Waals surface area contributed by atoms with Crippen molar-refractivity contribution in [1.82, 2.24) is 4.98 Å².